The summed E-state index contributed by atoms with van der Waals surface area (Å²) in [6.45, 7) is 2.25. The molecule has 106 valence electrons. The molecule has 0 aliphatic heterocycles. The first-order valence-electron chi connectivity index (χ1n) is 6.77. The van der Waals surface area contributed by atoms with Crippen molar-refractivity contribution in [2.75, 3.05) is 14.2 Å². The molecule has 0 aliphatic carbocycles. The summed E-state index contributed by atoms with van der Waals surface area (Å²) >= 11 is 1.87. The van der Waals surface area contributed by atoms with Crippen molar-refractivity contribution in [2.45, 2.75) is 23.1 Å². The van der Waals surface area contributed by atoms with Gasteiger partial charge in [-0.15, -0.1) is 11.8 Å². The van der Waals surface area contributed by atoms with Crippen LogP contribution in [0.4, 0.5) is 0 Å². The zero-order chi connectivity index (χ0) is 14.4. The first kappa shape index (κ1) is 14.9. The van der Waals surface area contributed by atoms with E-state index in [-0.39, 0.29) is 0 Å². The smallest absolute Gasteiger partial charge is 0.118 e. The summed E-state index contributed by atoms with van der Waals surface area (Å²) in [5.41, 5.74) is 1.32. The fraction of sp³-hybridized carbons (Fsp3) is 0.294. The Labute approximate surface area is 125 Å². The fourth-order valence-corrected chi connectivity index (χ4v) is 3.42. The lowest BCUT2D eigenvalue weighted by molar-refractivity contribution is 0.414. The van der Waals surface area contributed by atoms with E-state index in [1.54, 1.807) is 7.11 Å². The summed E-state index contributed by atoms with van der Waals surface area (Å²) in [7, 11) is 3.71. The quantitative estimate of drug-likeness (QED) is 0.807. The molecule has 0 amide bonds. The van der Waals surface area contributed by atoms with Crippen molar-refractivity contribution in [3.8, 4) is 5.75 Å². The molecule has 2 aromatic rings. The largest absolute Gasteiger partial charge is 0.497 e. The SMILES string of the molecule is CNC(c1ccccc1)C(C)Sc1ccc(OC)cc1. The van der Waals surface area contributed by atoms with Crippen LogP contribution >= 0.6 is 11.8 Å². The Morgan fingerprint density at radius 2 is 1.65 bits per heavy atom. The van der Waals surface area contributed by atoms with E-state index >= 15 is 0 Å². The lowest BCUT2D eigenvalue weighted by Crippen LogP contribution is -2.25. The molecule has 0 saturated heterocycles. The predicted molar refractivity (Wildman–Crippen MR) is 86.6 cm³/mol. The zero-order valence-electron chi connectivity index (χ0n) is 12.2. The molecule has 0 spiro atoms. The van der Waals surface area contributed by atoms with Gasteiger partial charge in [0.15, 0.2) is 0 Å². The van der Waals surface area contributed by atoms with E-state index in [1.165, 1.54) is 10.5 Å². The van der Waals surface area contributed by atoms with Gasteiger partial charge in [-0.3, -0.25) is 0 Å². The third kappa shape index (κ3) is 3.78. The van der Waals surface area contributed by atoms with Gasteiger partial charge in [0.1, 0.15) is 5.75 Å². The van der Waals surface area contributed by atoms with Crippen LogP contribution in [0.2, 0.25) is 0 Å². The van der Waals surface area contributed by atoms with Gasteiger partial charge in [-0.1, -0.05) is 37.3 Å². The van der Waals surface area contributed by atoms with Gasteiger partial charge < -0.3 is 10.1 Å². The summed E-state index contributed by atoms with van der Waals surface area (Å²) in [5, 5.41) is 3.86. The fourth-order valence-electron chi connectivity index (χ4n) is 2.27. The van der Waals surface area contributed by atoms with Gasteiger partial charge in [0.25, 0.3) is 0 Å². The lowest BCUT2D eigenvalue weighted by Gasteiger charge is -2.23. The molecule has 0 aromatic heterocycles. The van der Waals surface area contributed by atoms with Gasteiger partial charge >= 0.3 is 0 Å². The second-order valence-corrected chi connectivity index (χ2v) is 6.13. The summed E-state index contributed by atoms with van der Waals surface area (Å²) < 4.78 is 5.19. The molecule has 0 bridgehead atoms. The van der Waals surface area contributed by atoms with Gasteiger partial charge in [0.2, 0.25) is 0 Å². The second kappa shape index (κ2) is 7.36. The summed E-state index contributed by atoms with van der Waals surface area (Å²) in [6.07, 6.45) is 0. The zero-order valence-corrected chi connectivity index (χ0v) is 13.0. The molecule has 0 aliphatic rings. The monoisotopic (exact) mass is 287 g/mol. The number of methoxy groups -OCH3 is 1. The van der Waals surface area contributed by atoms with Gasteiger partial charge in [-0.05, 0) is 36.9 Å². The molecular formula is C17H21NOS. The summed E-state index contributed by atoms with van der Waals surface area (Å²) in [6, 6.07) is 19.1. The van der Waals surface area contributed by atoms with Gasteiger partial charge in [0, 0.05) is 16.2 Å². The third-order valence-corrected chi connectivity index (χ3v) is 4.51. The average molecular weight is 287 g/mol. The summed E-state index contributed by atoms with van der Waals surface area (Å²) in [5.74, 6) is 0.898. The highest BCUT2D eigenvalue weighted by molar-refractivity contribution is 8.00. The average Bonchev–Trinajstić information content (AvgIpc) is 2.50. The topological polar surface area (TPSA) is 21.3 Å². The molecule has 0 fully saturated rings. The third-order valence-electron chi connectivity index (χ3n) is 3.32. The molecule has 0 heterocycles. The molecule has 2 unspecified atom stereocenters. The van der Waals surface area contributed by atoms with Crippen LogP contribution in [-0.4, -0.2) is 19.4 Å². The highest BCUT2D eigenvalue weighted by atomic mass is 32.2. The van der Waals surface area contributed by atoms with Crippen molar-refractivity contribution in [3.63, 3.8) is 0 Å². The van der Waals surface area contributed by atoms with E-state index in [0.717, 1.165) is 5.75 Å². The van der Waals surface area contributed by atoms with Crippen molar-refractivity contribution in [1.82, 2.24) is 5.32 Å². The minimum atomic E-state index is 0.336. The number of ether oxygens (including phenoxy) is 1. The van der Waals surface area contributed by atoms with E-state index in [9.17, 15) is 0 Å². The number of thioether (sulfide) groups is 1. The number of nitrogens with one attached hydrogen (secondary N) is 1. The number of rotatable bonds is 6. The first-order valence-corrected chi connectivity index (χ1v) is 7.65. The van der Waals surface area contributed by atoms with Crippen LogP contribution in [0.25, 0.3) is 0 Å². The molecule has 2 rings (SSSR count). The molecule has 2 nitrogen and oxygen atoms in total. The van der Waals surface area contributed by atoms with Crippen molar-refractivity contribution < 1.29 is 4.74 Å². The molecule has 2 atom stereocenters. The maximum atomic E-state index is 5.19. The Bertz CT molecular complexity index is 512. The van der Waals surface area contributed by atoms with Crippen LogP contribution in [0.15, 0.2) is 59.5 Å². The van der Waals surface area contributed by atoms with Crippen LogP contribution in [0, 0.1) is 0 Å². The van der Waals surface area contributed by atoms with Crippen molar-refractivity contribution in [3.05, 3.63) is 60.2 Å². The van der Waals surface area contributed by atoms with Crippen LogP contribution in [0.3, 0.4) is 0 Å². The lowest BCUT2D eigenvalue weighted by atomic mass is 10.0. The van der Waals surface area contributed by atoms with Crippen LogP contribution < -0.4 is 10.1 Å². The van der Waals surface area contributed by atoms with Gasteiger partial charge in [0.05, 0.1) is 7.11 Å². The van der Waals surface area contributed by atoms with Crippen LogP contribution in [-0.2, 0) is 0 Å². The first-order chi connectivity index (χ1) is 9.74. The molecule has 1 N–H and O–H groups in total. The Balaban J connectivity index is 2.07. The minimum Gasteiger partial charge on any atom is -0.497 e. The standard InChI is InChI=1S/C17H21NOS/c1-13(17(18-2)14-7-5-4-6-8-14)20-16-11-9-15(19-3)10-12-16/h4-13,17-18H,1-3H3. The Morgan fingerprint density at radius 1 is 1.00 bits per heavy atom. The van der Waals surface area contributed by atoms with Crippen molar-refractivity contribution in [2.24, 2.45) is 0 Å². The van der Waals surface area contributed by atoms with Gasteiger partial charge in [-0.25, -0.2) is 0 Å². The molecule has 3 heteroatoms. The van der Waals surface area contributed by atoms with E-state index in [1.807, 2.05) is 30.9 Å². The van der Waals surface area contributed by atoms with E-state index in [4.69, 9.17) is 4.74 Å². The Kier molecular flexibility index (Phi) is 5.50. The maximum absolute atomic E-state index is 5.19. The van der Waals surface area contributed by atoms with Crippen molar-refractivity contribution in [1.29, 1.82) is 0 Å². The summed E-state index contributed by atoms with van der Waals surface area (Å²) in [4.78, 5) is 1.26. The van der Waals surface area contributed by atoms with Crippen LogP contribution in [0.1, 0.15) is 18.5 Å². The van der Waals surface area contributed by atoms with E-state index in [2.05, 4.69) is 54.7 Å². The maximum Gasteiger partial charge on any atom is 0.118 e. The Hall–Kier alpha value is -1.45. The second-order valence-electron chi connectivity index (χ2n) is 4.68. The van der Waals surface area contributed by atoms with Gasteiger partial charge in [-0.2, -0.15) is 0 Å². The van der Waals surface area contributed by atoms with E-state index in [0.29, 0.717) is 11.3 Å². The van der Waals surface area contributed by atoms with Crippen LogP contribution in [0.5, 0.6) is 5.75 Å². The Morgan fingerprint density at radius 3 is 2.20 bits per heavy atom. The molecule has 2 aromatic carbocycles. The molecule has 0 saturated carbocycles. The molecule has 20 heavy (non-hydrogen) atoms. The normalized spacial score (nSPS) is 13.8. The predicted octanol–water partition coefficient (Wildman–Crippen LogP) is 4.14. The number of benzene rings is 2. The number of hydrogen-bond acceptors (Lipinski definition) is 3. The highest BCUT2D eigenvalue weighted by Gasteiger charge is 2.18. The minimum absolute atomic E-state index is 0.336. The van der Waals surface area contributed by atoms with E-state index < -0.39 is 0 Å². The highest BCUT2D eigenvalue weighted by Crippen LogP contribution is 2.32. The van der Waals surface area contributed by atoms with Crippen molar-refractivity contribution >= 4 is 11.8 Å². The molecule has 0 radical (unpaired) electrons. The number of hydrogen-bond donors (Lipinski definition) is 1. The molecular weight excluding hydrogens is 266 g/mol.